The van der Waals surface area contributed by atoms with Crippen LogP contribution in [0.15, 0.2) is 61.1 Å². The molecular formula is C35H29F3N8O3. The van der Waals surface area contributed by atoms with Crippen molar-refractivity contribution in [1.82, 2.24) is 29.0 Å². The van der Waals surface area contributed by atoms with Crippen LogP contribution in [0.1, 0.15) is 53.1 Å². The first-order valence-electron chi connectivity index (χ1n) is 15.4. The summed E-state index contributed by atoms with van der Waals surface area (Å²) in [4.78, 5) is 50.1. The zero-order valence-corrected chi connectivity index (χ0v) is 26.8. The van der Waals surface area contributed by atoms with Crippen molar-refractivity contribution in [2.75, 3.05) is 5.32 Å². The highest BCUT2D eigenvalue weighted by Gasteiger charge is 2.55. The Morgan fingerprint density at radius 3 is 2.57 bits per heavy atom. The Balaban J connectivity index is 1.22. The summed E-state index contributed by atoms with van der Waals surface area (Å²) < 4.78 is 43.5. The molecule has 0 saturated carbocycles. The molecule has 14 heteroatoms. The second-order valence-corrected chi connectivity index (χ2v) is 12.9. The highest BCUT2D eigenvalue weighted by atomic mass is 19.4. The third kappa shape index (κ3) is 5.31. The quantitative estimate of drug-likeness (QED) is 0.183. The molecule has 0 bridgehead atoms. The summed E-state index contributed by atoms with van der Waals surface area (Å²) in [5.41, 5.74) is 2.98. The number of amides is 2. The number of likely N-dealkylation sites (tertiary alicyclic amines) is 1. The van der Waals surface area contributed by atoms with E-state index < -0.39 is 47.0 Å². The number of aromatic nitrogens is 5. The van der Waals surface area contributed by atoms with E-state index in [1.807, 2.05) is 57.3 Å². The number of aryl methyl sites for hydroxylation is 2. The SMILES string of the molecule is CC(=O)c1cn(CC(=O)N2[C@H](C(=O)Nc3nc(C(F)(F)F)ccc3C#N)C[C@@]3(C)C=C[C@@H]23)c2c(C)cc(-c3cnc4cc(C)nn4c3)cc12. The number of anilines is 1. The van der Waals surface area contributed by atoms with Crippen LogP contribution < -0.4 is 5.32 Å². The van der Waals surface area contributed by atoms with Gasteiger partial charge in [0.05, 0.1) is 22.8 Å². The maximum Gasteiger partial charge on any atom is 0.433 e. The third-order valence-electron chi connectivity index (χ3n) is 9.36. The molecule has 248 valence electrons. The predicted octanol–water partition coefficient (Wildman–Crippen LogP) is 5.64. The number of hydrogen-bond donors (Lipinski definition) is 1. The molecule has 5 aromatic rings. The molecule has 1 aliphatic carbocycles. The van der Waals surface area contributed by atoms with E-state index in [1.54, 1.807) is 27.5 Å². The minimum absolute atomic E-state index is 0.196. The average molecular weight is 667 g/mol. The number of alkyl halides is 3. The number of benzene rings is 1. The highest BCUT2D eigenvalue weighted by Crippen LogP contribution is 2.49. The Kier molecular flexibility index (Phi) is 7.20. The fourth-order valence-electron chi connectivity index (χ4n) is 6.97. The molecule has 5 heterocycles. The van der Waals surface area contributed by atoms with Crippen LogP contribution in [0.3, 0.4) is 0 Å². The number of carbonyl (C=O) groups is 3. The zero-order chi connectivity index (χ0) is 35.0. The molecule has 1 fully saturated rings. The van der Waals surface area contributed by atoms with Gasteiger partial charge < -0.3 is 14.8 Å². The minimum Gasteiger partial charge on any atom is -0.337 e. The van der Waals surface area contributed by atoms with E-state index in [2.05, 4.69) is 20.4 Å². The maximum absolute atomic E-state index is 14.1. The van der Waals surface area contributed by atoms with Crippen molar-refractivity contribution >= 4 is 40.0 Å². The van der Waals surface area contributed by atoms with Gasteiger partial charge in [0.15, 0.2) is 17.2 Å². The second kappa shape index (κ2) is 11.1. The smallest absolute Gasteiger partial charge is 0.337 e. The Bertz CT molecular complexity index is 2310. The van der Waals surface area contributed by atoms with Gasteiger partial charge in [0.1, 0.15) is 24.3 Å². The highest BCUT2D eigenvalue weighted by molar-refractivity contribution is 6.09. The van der Waals surface area contributed by atoms with Crippen molar-refractivity contribution in [2.24, 2.45) is 5.41 Å². The van der Waals surface area contributed by atoms with Gasteiger partial charge in [-0.2, -0.15) is 23.5 Å². The van der Waals surface area contributed by atoms with Crippen LogP contribution in [0.5, 0.6) is 0 Å². The first kappa shape index (κ1) is 31.7. The Morgan fingerprint density at radius 1 is 1.12 bits per heavy atom. The van der Waals surface area contributed by atoms with Crippen LogP contribution in [0.25, 0.3) is 27.7 Å². The topological polar surface area (TPSA) is 138 Å². The molecule has 11 nitrogen and oxygen atoms in total. The van der Waals surface area contributed by atoms with E-state index in [0.717, 1.165) is 28.5 Å². The summed E-state index contributed by atoms with van der Waals surface area (Å²) in [7, 11) is 0. The van der Waals surface area contributed by atoms with Crippen LogP contribution in [-0.2, 0) is 22.3 Å². The maximum atomic E-state index is 14.1. The van der Waals surface area contributed by atoms with Gasteiger partial charge in [-0.1, -0.05) is 19.1 Å². The Hall–Kier alpha value is -5.84. The fraction of sp³-hybridized carbons (Fsp3) is 0.286. The zero-order valence-electron chi connectivity index (χ0n) is 26.8. The first-order chi connectivity index (χ1) is 23.2. The largest absolute Gasteiger partial charge is 0.433 e. The standard InChI is InChI=1S/C35H29F3N8O3/c1-18-9-22(23-14-40-29-10-19(2)43-45(29)15-23)11-24-25(20(3)47)16-44(31(18)24)17-30(48)46-26(12-34(4)8-7-28(34)46)33(49)42-32-21(13-39)5-6-27(41-32)35(36,37)38/h5-11,14-16,26,28H,12,17H2,1-4H3,(H,41,42,49)/t26-,28+,34+/m0/s1. The molecule has 1 saturated heterocycles. The van der Waals surface area contributed by atoms with Crippen LogP contribution in [-0.4, -0.2) is 58.7 Å². The molecule has 0 radical (unpaired) electrons. The molecule has 0 spiro atoms. The van der Waals surface area contributed by atoms with Gasteiger partial charge in [0, 0.05) is 46.6 Å². The lowest BCUT2D eigenvalue weighted by molar-refractivity contribution is -0.141. The Labute approximate surface area is 277 Å². The summed E-state index contributed by atoms with van der Waals surface area (Å²) in [5.74, 6) is -1.90. The van der Waals surface area contributed by atoms with Crippen LogP contribution >= 0.6 is 0 Å². The molecular weight excluding hydrogens is 637 g/mol. The summed E-state index contributed by atoms with van der Waals surface area (Å²) >= 11 is 0. The second-order valence-electron chi connectivity index (χ2n) is 12.9. The molecule has 1 N–H and O–H groups in total. The van der Waals surface area contributed by atoms with Crippen molar-refractivity contribution in [3.63, 3.8) is 0 Å². The summed E-state index contributed by atoms with van der Waals surface area (Å²) in [6.45, 7) is 6.90. The van der Waals surface area contributed by atoms with Gasteiger partial charge in [-0.25, -0.2) is 14.5 Å². The number of nitrogens with zero attached hydrogens (tertiary/aromatic N) is 7. The Morgan fingerprint density at radius 2 is 1.90 bits per heavy atom. The van der Waals surface area contributed by atoms with Crippen LogP contribution in [0.2, 0.25) is 0 Å². The molecule has 1 aromatic carbocycles. The molecule has 7 rings (SSSR count). The number of halogens is 3. The number of nitriles is 1. The van der Waals surface area contributed by atoms with Crippen molar-refractivity contribution in [1.29, 1.82) is 5.26 Å². The lowest BCUT2D eigenvalue weighted by atomic mass is 9.73. The molecule has 3 atom stereocenters. The van der Waals surface area contributed by atoms with Gasteiger partial charge >= 0.3 is 6.18 Å². The van der Waals surface area contributed by atoms with E-state index >= 15 is 0 Å². The lowest BCUT2D eigenvalue weighted by Crippen LogP contribution is -2.50. The third-order valence-corrected chi connectivity index (χ3v) is 9.36. The lowest BCUT2D eigenvalue weighted by Gasteiger charge is -2.38. The summed E-state index contributed by atoms with van der Waals surface area (Å²) in [6.07, 6.45) is 4.37. The monoisotopic (exact) mass is 666 g/mol. The van der Waals surface area contributed by atoms with Gasteiger partial charge in [-0.05, 0) is 62.6 Å². The van der Waals surface area contributed by atoms with Crippen molar-refractivity contribution in [3.05, 3.63) is 89.2 Å². The van der Waals surface area contributed by atoms with Crippen LogP contribution in [0, 0.1) is 30.6 Å². The predicted molar refractivity (Wildman–Crippen MR) is 172 cm³/mol. The van der Waals surface area contributed by atoms with E-state index in [1.165, 1.54) is 11.8 Å². The number of carbonyl (C=O) groups excluding carboxylic acids is 3. The number of fused-ring (bicyclic) bond motifs is 3. The summed E-state index contributed by atoms with van der Waals surface area (Å²) in [6, 6.07) is 7.57. The fourth-order valence-corrected chi connectivity index (χ4v) is 6.97. The number of hydrogen-bond acceptors (Lipinski definition) is 7. The van der Waals surface area contributed by atoms with Crippen molar-refractivity contribution < 1.29 is 27.6 Å². The van der Waals surface area contributed by atoms with E-state index in [9.17, 15) is 32.8 Å². The van der Waals surface area contributed by atoms with E-state index in [4.69, 9.17) is 0 Å². The number of Topliss-reactive ketones (excluding diaryl/α,β-unsaturated/α-hetero) is 1. The summed E-state index contributed by atoms with van der Waals surface area (Å²) in [5, 5.41) is 17.0. The minimum atomic E-state index is -4.79. The van der Waals surface area contributed by atoms with Crippen molar-refractivity contribution in [2.45, 2.75) is 58.9 Å². The van der Waals surface area contributed by atoms with Gasteiger partial charge in [0.25, 0.3) is 0 Å². The van der Waals surface area contributed by atoms with Crippen LogP contribution in [0.4, 0.5) is 19.0 Å². The number of pyridine rings is 1. The van der Waals surface area contributed by atoms with E-state index in [-0.39, 0.29) is 24.3 Å². The molecule has 2 amide bonds. The van der Waals surface area contributed by atoms with Crippen molar-refractivity contribution in [3.8, 4) is 17.2 Å². The average Bonchev–Trinajstić information content (AvgIpc) is 3.66. The molecule has 1 aliphatic heterocycles. The first-order valence-corrected chi connectivity index (χ1v) is 15.4. The van der Waals surface area contributed by atoms with Gasteiger partial charge in [-0.15, -0.1) is 0 Å². The molecule has 0 unspecified atom stereocenters. The molecule has 2 aliphatic rings. The van der Waals surface area contributed by atoms with E-state index in [0.29, 0.717) is 28.2 Å². The molecule has 4 aromatic heterocycles. The molecule has 49 heavy (non-hydrogen) atoms. The number of rotatable bonds is 6. The van der Waals surface area contributed by atoms with Gasteiger partial charge in [0.2, 0.25) is 11.8 Å². The number of nitrogens with one attached hydrogen (secondary N) is 1. The number of ketones is 1. The van der Waals surface area contributed by atoms with Gasteiger partial charge in [-0.3, -0.25) is 14.4 Å². The normalized spacial score (nSPS) is 19.9.